The molecule has 7 nitrogen and oxygen atoms in total. The number of anilines is 2. The first kappa shape index (κ1) is 20.8. The van der Waals surface area contributed by atoms with Crippen LogP contribution in [0.1, 0.15) is 30.4 Å². The first-order chi connectivity index (χ1) is 16.1. The highest BCUT2D eigenvalue weighted by Crippen LogP contribution is 2.42. The number of nitrogens with one attached hydrogen (secondary N) is 2. The molecular weight excluding hydrogens is 432 g/mol. The fourth-order valence-corrected chi connectivity index (χ4v) is 4.56. The zero-order valence-electron chi connectivity index (χ0n) is 17.9. The second kappa shape index (κ2) is 8.84. The minimum Gasteiger partial charge on any atom is -0.351 e. The number of carbonyl (C=O) groups excluding carboxylic acids is 1. The van der Waals surface area contributed by atoms with Crippen LogP contribution < -0.4 is 15.5 Å². The number of benzene rings is 1. The van der Waals surface area contributed by atoms with Gasteiger partial charge in [-0.2, -0.15) is 0 Å². The zero-order chi connectivity index (χ0) is 22.8. The Bertz CT molecular complexity index is 1270. The number of hydrogen-bond donors (Lipinski definition) is 2. The van der Waals surface area contributed by atoms with E-state index >= 15 is 0 Å². The van der Waals surface area contributed by atoms with E-state index in [0.717, 1.165) is 28.5 Å². The molecule has 0 bridgehead atoms. The summed E-state index contributed by atoms with van der Waals surface area (Å²) >= 11 is 5.81. The standard InChI is InChI=1S/C25H22N6OS/c1-17(32)28-18-7-9-20(10-8-18)31-24(23(29-25(31)33)21-5-2-3-13-27-21)22-6-4-16-30(22)19-11-14-26-15-12-19/h2-16,23-24H,1H3,(H,28,32)(H,29,33)/t23-,24-/m0/s1. The highest BCUT2D eigenvalue weighted by Gasteiger charge is 2.42. The maximum atomic E-state index is 11.4. The van der Waals surface area contributed by atoms with Crippen LogP contribution in [-0.4, -0.2) is 25.6 Å². The molecule has 1 amide bonds. The van der Waals surface area contributed by atoms with Gasteiger partial charge < -0.3 is 20.1 Å². The Morgan fingerprint density at radius 3 is 2.45 bits per heavy atom. The van der Waals surface area contributed by atoms with Gasteiger partial charge >= 0.3 is 0 Å². The summed E-state index contributed by atoms with van der Waals surface area (Å²) in [6, 6.07) is 21.4. The molecule has 4 aromatic rings. The summed E-state index contributed by atoms with van der Waals surface area (Å²) in [4.78, 5) is 22.3. The van der Waals surface area contributed by atoms with E-state index in [1.165, 1.54) is 6.92 Å². The van der Waals surface area contributed by atoms with Gasteiger partial charge in [-0.3, -0.25) is 14.8 Å². The molecule has 2 atom stereocenters. The van der Waals surface area contributed by atoms with Crippen molar-refractivity contribution >= 4 is 34.6 Å². The van der Waals surface area contributed by atoms with Gasteiger partial charge in [-0.1, -0.05) is 6.07 Å². The third-order valence-corrected chi connectivity index (χ3v) is 5.90. The fraction of sp³-hybridized carbons (Fsp3) is 0.120. The molecule has 1 aliphatic heterocycles. The lowest BCUT2D eigenvalue weighted by Crippen LogP contribution is -2.30. The van der Waals surface area contributed by atoms with Gasteiger partial charge in [0.2, 0.25) is 5.91 Å². The van der Waals surface area contributed by atoms with Crippen molar-refractivity contribution in [3.05, 3.63) is 103 Å². The number of amides is 1. The first-order valence-electron chi connectivity index (χ1n) is 10.6. The van der Waals surface area contributed by atoms with Crippen molar-refractivity contribution in [3.63, 3.8) is 0 Å². The molecule has 33 heavy (non-hydrogen) atoms. The van der Waals surface area contributed by atoms with Crippen LogP contribution in [0.25, 0.3) is 5.69 Å². The first-order valence-corrected chi connectivity index (χ1v) is 11.0. The van der Waals surface area contributed by atoms with Crippen LogP contribution in [0.4, 0.5) is 11.4 Å². The maximum Gasteiger partial charge on any atom is 0.221 e. The third kappa shape index (κ3) is 4.08. The second-order valence-corrected chi connectivity index (χ2v) is 8.12. The molecule has 0 radical (unpaired) electrons. The average Bonchev–Trinajstić information content (AvgIpc) is 3.45. The van der Waals surface area contributed by atoms with Crippen molar-refractivity contribution in [3.8, 4) is 5.69 Å². The van der Waals surface area contributed by atoms with Gasteiger partial charge in [-0.25, -0.2) is 0 Å². The molecule has 1 aliphatic rings. The highest BCUT2D eigenvalue weighted by atomic mass is 32.1. The lowest BCUT2D eigenvalue weighted by Gasteiger charge is -2.29. The van der Waals surface area contributed by atoms with Crippen molar-refractivity contribution in [2.75, 3.05) is 10.2 Å². The summed E-state index contributed by atoms with van der Waals surface area (Å²) < 4.78 is 2.15. The fourth-order valence-electron chi connectivity index (χ4n) is 4.22. The molecule has 2 N–H and O–H groups in total. The largest absolute Gasteiger partial charge is 0.351 e. The molecule has 4 heterocycles. The van der Waals surface area contributed by atoms with Crippen LogP contribution in [0.2, 0.25) is 0 Å². The van der Waals surface area contributed by atoms with Gasteiger partial charge in [-0.15, -0.1) is 0 Å². The van der Waals surface area contributed by atoms with Crippen LogP contribution in [0.15, 0.2) is 91.5 Å². The normalized spacial score (nSPS) is 17.6. The summed E-state index contributed by atoms with van der Waals surface area (Å²) in [5, 5.41) is 6.91. The number of pyridine rings is 2. The van der Waals surface area contributed by atoms with Crippen LogP contribution in [0, 0.1) is 0 Å². The average molecular weight is 455 g/mol. The van der Waals surface area contributed by atoms with E-state index < -0.39 is 0 Å². The van der Waals surface area contributed by atoms with E-state index in [2.05, 4.69) is 36.1 Å². The maximum absolute atomic E-state index is 11.4. The number of thiocarbonyl (C=S) groups is 1. The molecule has 0 saturated carbocycles. The summed E-state index contributed by atoms with van der Waals surface area (Å²) in [6.07, 6.45) is 7.40. The Kier molecular flexibility index (Phi) is 5.58. The van der Waals surface area contributed by atoms with Crippen molar-refractivity contribution in [1.29, 1.82) is 0 Å². The van der Waals surface area contributed by atoms with Crippen LogP contribution in [0.5, 0.6) is 0 Å². The monoisotopic (exact) mass is 454 g/mol. The predicted molar refractivity (Wildman–Crippen MR) is 132 cm³/mol. The number of nitrogens with zero attached hydrogens (tertiary/aromatic N) is 4. The number of carbonyl (C=O) groups is 1. The number of hydrogen-bond acceptors (Lipinski definition) is 4. The Morgan fingerprint density at radius 1 is 0.970 bits per heavy atom. The SMILES string of the molecule is CC(=O)Nc1ccc(N2C(=S)N[C@@H](c3ccccn3)[C@@H]2c2cccn2-c2ccncc2)cc1. The van der Waals surface area contributed by atoms with E-state index in [-0.39, 0.29) is 18.0 Å². The lowest BCUT2D eigenvalue weighted by molar-refractivity contribution is -0.114. The van der Waals surface area contributed by atoms with Gasteiger partial charge in [0, 0.05) is 54.5 Å². The Hall–Kier alpha value is -4.04. The summed E-state index contributed by atoms with van der Waals surface area (Å²) in [5.41, 5.74) is 4.65. The lowest BCUT2D eigenvalue weighted by atomic mass is 10.0. The van der Waals surface area contributed by atoms with E-state index in [4.69, 9.17) is 12.2 Å². The van der Waals surface area contributed by atoms with Gasteiger partial charge in [-0.05, 0) is 72.9 Å². The topological polar surface area (TPSA) is 75.1 Å². The molecular formula is C25H22N6OS. The smallest absolute Gasteiger partial charge is 0.221 e. The molecule has 3 aromatic heterocycles. The van der Waals surface area contributed by atoms with E-state index in [9.17, 15) is 4.79 Å². The molecule has 0 unspecified atom stereocenters. The quantitative estimate of drug-likeness (QED) is 0.436. The van der Waals surface area contributed by atoms with Gasteiger partial charge in [0.1, 0.15) is 6.04 Å². The molecule has 1 fully saturated rings. The minimum absolute atomic E-state index is 0.107. The summed E-state index contributed by atoms with van der Waals surface area (Å²) in [6.45, 7) is 1.49. The van der Waals surface area contributed by atoms with Gasteiger partial charge in [0.05, 0.1) is 11.7 Å². The van der Waals surface area contributed by atoms with Crippen molar-refractivity contribution in [1.82, 2.24) is 19.9 Å². The third-order valence-electron chi connectivity index (χ3n) is 5.59. The van der Waals surface area contributed by atoms with Crippen molar-refractivity contribution in [2.24, 2.45) is 0 Å². The molecule has 164 valence electrons. The zero-order valence-corrected chi connectivity index (χ0v) is 18.7. The van der Waals surface area contributed by atoms with Crippen molar-refractivity contribution in [2.45, 2.75) is 19.0 Å². The highest BCUT2D eigenvalue weighted by molar-refractivity contribution is 7.80. The summed E-state index contributed by atoms with van der Waals surface area (Å²) in [5.74, 6) is -0.107. The van der Waals surface area contributed by atoms with Crippen molar-refractivity contribution < 1.29 is 4.79 Å². The van der Waals surface area contributed by atoms with E-state index in [1.807, 2.05) is 66.9 Å². The molecule has 8 heteroatoms. The molecule has 0 aliphatic carbocycles. The molecule has 0 spiro atoms. The Labute approximate surface area is 197 Å². The number of aromatic nitrogens is 3. The van der Waals surface area contributed by atoms with Gasteiger partial charge in [0.15, 0.2) is 5.11 Å². The molecule has 5 rings (SSSR count). The second-order valence-electron chi connectivity index (χ2n) is 7.73. The summed E-state index contributed by atoms with van der Waals surface area (Å²) in [7, 11) is 0. The van der Waals surface area contributed by atoms with Crippen LogP contribution >= 0.6 is 12.2 Å². The Morgan fingerprint density at radius 2 is 1.76 bits per heavy atom. The van der Waals surface area contributed by atoms with Crippen LogP contribution in [0.3, 0.4) is 0 Å². The molecule has 1 saturated heterocycles. The molecule has 1 aromatic carbocycles. The van der Waals surface area contributed by atoms with Gasteiger partial charge in [0.25, 0.3) is 0 Å². The Balaban J connectivity index is 1.61. The van der Waals surface area contributed by atoms with E-state index in [0.29, 0.717) is 5.11 Å². The van der Waals surface area contributed by atoms with E-state index in [1.54, 1.807) is 18.6 Å². The number of rotatable bonds is 5. The minimum atomic E-state index is -0.151. The predicted octanol–water partition coefficient (Wildman–Crippen LogP) is 4.40. The van der Waals surface area contributed by atoms with Crippen LogP contribution in [-0.2, 0) is 4.79 Å².